The largest absolute Gasteiger partial charge is 0.379 e. The van der Waals surface area contributed by atoms with Gasteiger partial charge in [0.15, 0.2) is 0 Å². The number of piperidine rings is 1. The summed E-state index contributed by atoms with van der Waals surface area (Å²) in [6.07, 6.45) is 50.2. The molecule has 0 aromatic carbocycles. The second-order valence-corrected chi connectivity index (χ2v) is 24.8. The number of fused-ring (bicyclic) bond motifs is 6. The van der Waals surface area contributed by atoms with Gasteiger partial charge in [-0.25, -0.2) is 0 Å². The number of rotatable bonds is 34. The average molecular weight is 935 g/mol. The van der Waals surface area contributed by atoms with E-state index in [1.807, 2.05) is 0 Å². The molecule has 4 saturated carbocycles. The summed E-state index contributed by atoms with van der Waals surface area (Å²) in [5.41, 5.74) is 2.72. The van der Waals surface area contributed by atoms with Gasteiger partial charge in [-0.1, -0.05) is 162 Å². The molecule has 67 heavy (non-hydrogen) atoms. The summed E-state index contributed by atoms with van der Waals surface area (Å²) in [5.74, 6) is 7.26. The van der Waals surface area contributed by atoms with Crippen LogP contribution in [0.25, 0.3) is 0 Å². The molecule has 5 fully saturated rings. The zero-order chi connectivity index (χ0) is 47.2. The molecule has 5 nitrogen and oxygen atoms in total. The lowest BCUT2D eigenvalue weighted by molar-refractivity contribution is -0.0674. The van der Waals surface area contributed by atoms with Crippen molar-refractivity contribution >= 4 is 0 Å². The van der Waals surface area contributed by atoms with Gasteiger partial charge in [0.05, 0.1) is 32.0 Å². The predicted octanol–water partition coefficient (Wildman–Crippen LogP) is 16.8. The Morgan fingerprint density at radius 1 is 0.672 bits per heavy atom. The molecule has 0 N–H and O–H groups in total. The Morgan fingerprint density at radius 3 is 2.18 bits per heavy atom. The molecule has 1 unspecified atom stereocenters. The van der Waals surface area contributed by atoms with E-state index < -0.39 is 0 Å². The molecule has 0 aromatic rings. The van der Waals surface area contributed by atoms with E-state index in [0.717, 1.165) is 86.6 Å². The molecule has 11 atom stereocenters. The number of nitrogens with zero attached hydrogens (tertiary/aromatic N) is 1. The summed E-state index contributed by atoms with van der Waals surface area (Å²) < 4.78 is 25.6. The summed E-state index contributed by atoms with van der Waals surface area (Å²) in [7, 11) is 0. The van der Waals surface area contributed by atoms with Gasteiger partial charge in [-0.2, -0.15) is 0 Å². The second kappa shape index (κ2) is 30.3. The predicted molar refractivity (Wildman–Crippen MR) is 285 cm³/mol. The van der Waals surface area contributed by atoms with Crippen molar-refractivity contribution in [3.63, 3.8) is 0 Å². The van der Waals surface area contributed by atoms with Crippen molar-refractivity contribution in [3.8, 4) is 0 Å². The molecule has 388 valence electrons. The molecule has 0 aromatic heterocycles. The monoisotopic (exact) mass is 934 g/mol. The van der Waals surface area contributed by atoms with Crippen LogP contribution in [0.3, 0.4) is 0 Å². The number of hydrogen-bond acceptors (Lipinski definition) is 5. The molecule has 1 saturated heterocycles. The first kappa shape index (κ1) is 55.6. The third-order valence-corrected chi connectivity index (χ3v) is 19.6. The quantitative estimate of drug-likeness (QED) is 0.0475. The zero-order valence-corrected chi connectivity index (χ0v) is 45.4. The van der Waals surface area contributed by atoms with Crippen LogP contribution in [0.2, 0.25) is 0 Å². The van der Waals surface area contributed by atoms with E-state index in [1.54, 1.807) is 5.57 Å². The number of allylic oxidation sites excluding steroid dienone is 3. The Bertz CT molecular complexity index is 1380. The molecule has 0 spiro atoms. The normalized spacial score (nSPS) is 31.9. The number of hydrogen-bond donors (Lipinski definition) is 0. The topological polar surface area (TPSA) is 40.2 Å². The highest BCUT2D eigenvalue weighted by Crippen LogP contribution is 2.67. The van der Waals surface area contributed by atoms with Crippen molar-refractivity contribution in [3.05, 3.63) is 23.8 Å². The molecule has 0 bridgehead atoms. The fraction of sp³-hybridized carbons (Fsp3) is 0.935. The average Bonchev–Trinajstić information content (AvgIpc) is 3.69. The van der Waals surface area contributed by atoms with E-state index in [0.29, 0.717) is 36.8 Å². The molecule has 0 amide bonds. The van der Waals surface area contributed by atoms with Crippen LogP contribution in [0.1, 0.15) is 241 Å². The maximum absolute atomic E-state index is 6.60. The SMILES string of the molecule is CCCCCCCC/C=C\CCCCCCCCOCC(CN1CC[C@H]2CCCC[C@@H]2C1)OCCOCCCO[C@H]1CC[C@@]2(C)C(=CC[C@H]3[C@@H]4CC[C@H]([C@H](C)CCCC(C)C)[C@@]4(C)CC[C@@H]32)C1. The highest BCUT2D eigenvalue weighted by molar-refractivity contribution is 5.25. The minimum atomic E-state index is 0.129. The highest BCUT2D eigenvalue weighted by atomic mass is 16.6. The van der Waals surface area contributed by atoms with Crippen LogP contribution < -0.4 is 0 Å². The molecule has 1 heterocycles. The minimum absolute atomic E-state index is 0.129. The van der Waals surface area contributed by atoms with Gasteiger partial charge in [0, 0.05) is 32.9 Å². The lowest BCUT2D eigenvalue weighted by Crippen LogP contribution is -2.51. The van der Waals surface area contributed by atoms with Gasteiger partial charge in [-0.05, 0) is 167 Å². The van der Waals surface area contributed by atoms with Gasteiger partial charge in [-0.15, -0.1) is 0 Å². The molecular weight excluding hydrogens is 823 g/mol. The van der Waals surface area contributed by atoms with Crippen LogP contribution in [-0.4, -0.2) is 76.4 Å². The van der Waals surface area contributed by atoms with Gasteiger partial charge < -0.3 is 23.8 Å². The van der Waals surface area contributed by atoms with Gasteiger partial charge in [0.25, 0.3) is 0 Å². The van der Waals surface area contributed by atoms with Crippen molar-refractivity contribution in [1.29, 1.82) is 0 Å². The lowest BCUT2D eigenvalue weighted by atomic mass is 9.47. The Hall–Kier alpha value is -0.720. The van der Waals surface area contributed by atoms with E-state index >= 15 is 0 Å². The van der Waals surface area contributed by atoms with Gasteiger partial charge in [-0.3, -0.25) is 0 Å². The van der Waals surface area contributed by atoms with Crippen LogP contribution in [0, 0.1) is 58.2 Å². The molecule has 0 radical (unpaired) electrons. The van der Waals surface area contributed by atoms with Crippen LogP contribution in [0.4, 0.5) is 0 Å². The van der Waals surface area contributed by atoms with Crippen LogP contribution in [-0.2, 0) is 18.9 Å². The van der Waals surface area contributed by atoms with Crippen LogP contribution in [0.5, 0.6) is 0 Å². The van der Waals surface area contributed by atoms with Gasteiger partial charge >= 0.3 is 0 Å². The second-order valence-electron chi connectivity index (χ2n) is 24.8. The fourth-order valence-corrected chi connectivity index (χ4v) is 15.5. The zero-order valence-electron chi connectivity index (χ0n) is 45.4. The summed E-state index contributed by atoms with van der Waals surface area (Å²) >= 11 is 0. The van der Waals surface area contributed by atoms with E-state index in [9.17, 15) is 0 Å². The third kappa shape index (κ3) is 17.5. The summed E-state index contributed by atoms with van der Waals surface area (Å²) in [6.45, 7) is 23.0. The van der Waals surface area contributed by atoms with Crippen LogP contribution >= 0.6 is 0 Å². The molecular formula is C62H111NO4. The number of likely N-dealkylation sites (tertiary alicyclic amines) is 1. The van der Waals surface area contributed by atoms with Crippen molar-refractivity contribution in [1.82, 2.24) is 4.90 Å². The number of ether oxygens (including phenoxy) is 4. The Labute approximate surface area is 416 Å². The van der Waals surface area contributed by atoms with Crippen LogP contribution in [0.15, 0.2) is 23.8 Å². The first-order valence-corrected chi connectivity index (χ1v) is 30.2. The first-order valence-electron chi connectivity index (χ1n) is 30.2. The Balaban J connectivity index is 0.820. The van der Waals surface area contributed by atoms with E-state index in [1.165, 1.54) is 199 Å². The van der Waals surface area contributed by atoms with E-state index in [-0.39, 0.29) is 6.10 Å². The first-order chi connectivity index (χ1) is 32.7. The summed E-state index contributed by atoms with van der Waals surface area (Å²) in [4.78, 5) is 2.70. The van der Waals surface area contributed by atoms with Crippen molar-refractivity contribution in [2.75, 3.05) is 59.3 Å². The van der Waals surface area contributed by atoms with Crippen molar-refractivity contribution in [2.24, 2.45) is 58.2 Å². The molecule has 6 aliphatic rings. The third-order valence-electron chi connectivity index (χ3n) is 19.6. The van der Waals surface area contributed by atoms with Crippen molar-refractivity contribution in [2.45, 2.75) is 253 Å². The minimum Gasteiger partial charge on any atom is -0.379 e. The Morgan fingerprint density at radius 2 is 1.40 bits per heavy atom. The lowest BCUT2D eigenvalue weighted by Gasteiger charge is -2.58. The van der Waals surface area contributed by atoms with Crippen molar-refractivity contribution < 1.29 is 18.9 Å². The van der Waals surface area contributed by atoms with Gasteiger partial charge in [0.2, 0.25) is 0 Å². The molecule has 1 aliphatic heterocycles. The van der Waals surface area contributed by atoms with E-state index in [2.05, 4.69) is 64.7 Å². The standard InChI is InChI=1S/C62H111NO4/c1-7-8-9-10-11-12-13-14-15-16-17-18-19-20-21-24-41-65-49-56(48-63-40-37-52-29-22-23-30-53(52)47-63)67-45-44-64-42-26-43-66-55-35-38-61(5)54(46-55)31-32-57-59-34-33-58(51(4)28-25-27-50(2)3)62(59,6)39-36-60(57)61/h14-15,31,50-53,55-60H,7-13,16-30,32-49H2,1-6H3/b15-14-/t51-,52-,53-,55+,56?,57+,58-,59+,60+,61+,62-/m1/s1. The Kier molecular flexibility index (Phi) is 25.2. The maximum atomic E-state index is 6.60. The molecule has 5 heteroatoms. The highest BCUT2D eigenvalue weighted by Gasteiger charge is 2.59. The summed E-state index contributed by atoms with van der Waals surface area (Å²) in [6, 6.07) is 0. The maximum Gasteiger partial charge on any atom is 0.0936 e. The fourth-order valence-electron chi connectivity index (χ4n) is 15.5. The van der Waals surface area contributed by atoms with E-state index in [4.69, 9.17) is 18.9 Å². The molecule has 6 rings (SSSR count). The number of unbranched alkanes of at least 4 members (excludes halogenated alkanes) is 12. The molecule has 5 aliphatic carbocycles. The summed E-state index contributed by atoms with van der Waals surface area (Å²) in [5, 5.41) is 0. The smallest absolute Gasteiger partial charge is 0.0936 e. The van der Waals surface area contributed by atoms with Gasteiger partial charge in [0.1, 0.15) is 0 Å².